The lowest BCUT2D eigenvalue weighted by molar-refractivity contribution is -0.132. The van der Waals surface area contributed by atoms with Crippen LogP contribution in [0, 0.1) is 6.92 Å². The molecular formula is C22H26N4O3S2. The molecular weight excluding hydrogens is 432 g/mol. The number of sulfonamides is 1. The fourth-order valence-corrected chi connectivity index (χ4v) is 4.96. The molecule has 0 saturated carbocycles. The van der Waals surface area contributed by atoms with Crippen molar-refractivity contribution in [2.45, 2.75) is 30.8 Å². The number of nitrogens with zero attached hydrogens (tertiary/aromatic N) is 3. The van der Waals surface area contributed by atoms with Crippen molar-refractivity contribution in [2.24, 2.45) is 0 Å². The molecule has 0 aliphatic carbocycles. The highest BCUT2D eigenvalue weighted by molar-refractivity contribution is 7.98. The third-order valence-electron chi connectivity index (χ3n) is 4.85. The topological polar surface area (TPSA) is 92.3 Å². The minimum Gasteiger partial charge on any atom is -0.337 e. The van der Waals surface area contributed by atoms with Gasteiger partial charge >= 0.3 is 0 Å². The molecule has 0 radical (unpaired) electrons. The second-order valence-electron chi connectivity index (χ2n) is 7.21. The molecule has 0 spiro atoms. The molecule has 0 aliphatic heterocycles. The summed E-state index contributed by atoms with van der Waals surface area (Å²) < 4.78 is 28.1. The van der Waals surface area contributed by atoms with Crippen LogP contribution in [0.1, 0.15) is 17.9 Å². The van der Waals surface area contributed by atoms with Gasteiger partial charge in [-0.05, 0) is 43.6 Å². The summed E-state index contributed by atoms with van der Waals surface area (Å²) in [7, 11) is -2.18. The number of aryl methyl sites for hydroxylation is 1. The molecule has 1 amide bonds. The first kappa shape index (κ1) is 23.2. The molecule has 3 aromatic rings. The number of para-hydroxylation sites is 1. The summed E-state index contributed by atoms with van der Waals surface area (Å²) in [6.45, 7) is 2.10. The van der Waals surface area contributed by atoms with Crippen LogP contribution in [0.3, 0.4) is 0 Å². The van der Waals surface area contributed by atoms with Crippen LogP contribution in [0.4, 0.5) is 0 Å². The van der Waals surface area contributed by atoms with Gasteiger partial charge < -0.3 is 4.90 Å². The first-order valence-corrected chi connectivity index (χ1v) is 12.7. The Bertz CT molecular complexity index is 1150. The maximum atomic E-state index is 13.1. The third kappa shape index (κ3) is 5.81. The number of carbonyl (C=O) groups is 1. The number of carbonyl (C=O) groups excluding carboxylic acids is 1. The first-order valence-electron chi connectivity index (χ1n) is 9.85. The van der Waals surface area contributed by atoms with Crippen molar-refractivity contribution in [2.75, 3.05) is 19.1 Å². The number of fused-ring (bicyclic) bond motifs is 1. The lowest BCUT2D eigenvalue weighted by atomic mass is 10.2. The largest absolute Gasteiger partial charge is 0.337 e. The van der Waals surface area contributed by atoms with Crippen molar-refractivity contribution in [3.05, 3.63) is 66.1 Å². The van der Waals surface area contributed by atoms with Crippen LogP contribution in [-0.4, -0.2) is 54.3 Å². The standard InChI is InChI=1S/C22H26N4O3S2/c1-16-18-11-7-8-12-19(18)24-21(23-16)15-26(2)22(27)20(13-14-30-3)25-31(28,29)17-9-5-4-6-10-17/h4-12,20,25H,13-15H2,1-3H3. The van der Waals surface area contributed by atoms with Crippen LogP contribution in [-0.2, 0) is 21.4 Å². The van der Waals surface area contributed by atoms with Gasteiger partial charge in [-0.15, -0.1) is 0 Å². The molecule has 2 aromatic carbocycles. The van der Waals surface area contributed by atoms with E-state index in [0.717, 1.165) is 16.6 Å². The zero-order valence-corrected chi connectivity index (χ0v) is 19.4. The Hall–Kier alpha value is -2.49. The molecule has 0 fully saturated rings. The summed E-state index contributed by atoms with van der Waals surface area (Å²) >= 11 is 1.56. The van der Waals surface area contributed by atoms with Gasteiger partial charge in [0.1, 0.15) is 11.9 Å². The Kier molecular flexibility index (Phi) is 7.64. The monoisotopic (exact) mass is 458 g/mol. The van der Waals surface area contributed by atoms with Crippen LogP contribution in [0.5, 0.6) is 0 Å². The van der Waals surface area contributed by atoms with Gasteiger partial charge in [-0.1, -0.05) is 36.4 Å². The minimum atomic E-state index is -3.81. The van der Waals surface area contributed by atoms with Gasteiger partial charge in [-0.3, -0.25) is 4.79 Å². The highest BCUT2D eigenvalue weighted by Gasteiger charge is 2.28. The van der Waals surface area contributed by atoms with E-state index in [1.54, 1.807) is 37.0 Å². The Morgan fingerprint density at radius 1 is 1.10 bits per heavy atom. The number of hydrogen-bond acceptors (Lipinski definition) is 6. The SMILES string of the molecule is CSCCC(NS(=O)(=O)c1ccccc1)C(=O)N(C)Cc1nc(C)c2ccccc2n1. The van der Waals surface area contributed by atoms with E-state index in [4.69, 9.17) is 0 Å². The fraction of sp³-hybridized carbons (Fsp3) is 0.318. The quantitative estimate of drug-likeness (QED) is 0.530. The molecule has 9 heteroatoms. The number of thioether (sulfide) groups is 1. The van der Waals surface area contributed by atoms with E-state index in [2.05, 4.69) is 14.7 Å². The summed E-state index contributed by atoms with van der Waals surface area (Å²) in [6, 6.07) is 14.9. The second-order valence-corrected chi connectivity index (χ2v) is 9.90. The summed E-state index contributed by atoms with van der Waals surface area (Å²) in [5.41, 5.74) is 1.65. The molecule has 1 heterocycles. The van der Waals surface area contributed by atoms with Crippen LogP contribution in [0.2, 0.25) is 0 Å². The molecule has 1 atom stereocenters. The zero-order valence-electron chi connectivity index (χ0n) is 17.8. The van der Waals surface area contributed by atoms with Gasteiger partial charge in [-0.25, -0.2) is 18.4 Å². The molecule has 0 saturated heterocycles. The number of aromatic nitrogens is 2. The number of likely N-dealkylation sites (N-methyl/N-ethyl adjacent to an activating group) is 1. The smallest absolute Gasteiger partial charge is 0.241 e. The zero-order chi connectivity index (χ0) is 22.4. The average Bonchev–Trinajstić information content (AvgIpc) is 2.76. The van der Waals surface area contributed by atoms with E-state index in [1.807, 2.05) is 37.4 Å². The Balaban J connectivity index is 1.79. The minimum absolute atomic E-state index is 0.132. The van der Waals surface area contributed by atoms with E-state index in [1.165, 1.54) is 17.0 Å². The third-order valence-corrected chi connectivity index (χ3v) is 6.99. The molecule has 7 nitrogen and oxygen atoms in total. The average molecular weight is 459 g/mol. The van der Waals surface area contributed by atoms with Gasteiger partial charge in [0.25, 0.3) is 0 Å². The van der Waals surface area contributed by atoms with Crippen molar-refractivity contribution >= 4 is 38.6 Å². The number of amides is 1. The maximum Gasteiger partial charge on any atom is 0.241 e. The Morgan fingerprint density at radius 3 is 2.48 bits per heavy atom. The number of rotatable bonds is 9. The van der Waals surface area contributed by atoms with E-state index in [0.29, 0.717) is 18.0 Å². The van der Waals surface area contributed by atoms with E-state index in [-0.39, 0.29) is 17.3 Å². The van der Waals surface area contributed by atoms with Gasteiger partial charge in [-0.2, -0.15) is 16.5 Å². The first-order chi connectivity index (χ1) is 14.8. The Labute approximate surface area is 187 Å². The van der Waals surface area contributed by atoms with Gasteiger partial charge in [0, 0.05) is 18.1 Å². The number of benzene rings is 2. The summed E-state index contributed by atoms with van der Waals surface area (Å²) in [4.78, 5) is 23.8. The van der Waals surface area contributed by atoms with Gasteiger partial charge in [0.15, 0.2) is 0 Å². The summed E-state index contributed by atoms with van der Waals surface area (Å²) in [5, 5.41) is 0.966. The van der Waals surface area contributed by atoms with Crippen LogP contribution in [0.15, 0.2) is 59.5 Å². The molecule has 1 unspecified atom stereocenters. The van der Waals surface area contributed by atoms with E-state index in [9.17, 15) is 13.2 Å². The lowest BCUT2D eigenvalue weighted by Gasteiger charge is -2.24. The van der Waals surface area contributed by atoms with Crippen molar-refractivity contribution in [1.82, 2.24) is 19.6 Å². The summed E-state index contributed by atoms with van der Waals surface area (Å²) in [5.74, 6) is 0.845. The number of nitrogens with one attached hydrogen (secondary N) is 1. The second kappa shape index (κ2) is 10.2. The normalized spacial score (nSPS) is 12.6. The Morgan fingerprint density at radius 2 is 1.77 bits per heavy atom. The van der Waals surface area contributed by atoms with Gasteiger partial charge in [0.05, 0.1) is 17.0 Å². The maximum absolute atomic E-state index is 13.1. The highest BCUT2D eigenvalue weighted by atomic mass is 32.2. The van der Waals surface area contributed by atoms with Crippen molar-refractivity contribution in [1.29, 1.82) is 0 Å². The molecule has 1 aromatic heterocycles. The van der Waals surface area contributed by atoms with Crippen molar-refractivity contribution in [3.8, 4) is 0 Å². The molecule has 0 aliphatic rings. The fourth-order valence-electron chi connectivity index (χ4n) is 3.25. The molecule has 1 N–H and O–H groups in total. The highest BCUT2D eigenvalue weighted by Crippen LogP contribution is 2.16. The number of hydrogen-bond donors (Lipinski definition) is 1. The molecule has 31 heavy (non-hydrogen) atoms. The van der Waals surface area contributed by atoms with Crippen molar-refractivity contribution in [3.63, 3.8) is 0 Å². The van der Waals surface area contributed by atoms with Crippen LogP contribution < -0.4 is 4.72 Å². The van der Waals surface area contributed by atoms with Gasteiger partial charge in [0.2, 0.25) is 15.9 Å². The predicted octanol–water partition coefficient (Wildman–Crippen LogP) is 3.00. The van der Waals surface area contributed by atoms with Crippen LogP contribution >= 0.6 is 11.8 Å². The summed E-state index contributed by atoms with van der Waals surface area (Å²) in [6.07, 6.45) is 2.30. The molecule has 3 rings (SSSR count). The predicted molar refractivity (Wildman–Crippen MR) is 124 cm³/mol. The van der Waals surface area contributed by atoms with E-state index >= 15 is 0 Å². The van der Waals surface area contributed by atoms with Crippen LogP contribution in [0.25, 0.3) is 10.9 Å². The molecule has 164 valence electrons. The molecule has 0 bridgehead atoms. The van der Waals surface area contributed by atoms with E-state index < -0.39 is 16.1 Å². The van der Waals surface area contributed by atoms with Crippen molar-refractivity contribution < 1.29 is 13.2 Å². The lowest BCUT2D eigenvalue weighted by Crippen LogP contribution is -2.47.